The molecule has 2 aromatic rings. The Bertz CT molecular complexity index is 711. The molecule has 0 bridgehead atoms. The minimum atomic E-state index is -1.57. The number of ether oxygens (including phenoxy) is 1. The predicted molar refractivity (Wildman–Crippen MR) is 88.1 cm³/mol. The van der Waals surface area contributed by atoms with Gasteiger partial charge in [0.05, 0.1) is 0 Å². The van der Waals surface area contributed by atoms with Crippen LogP contribution in [-0.4, -0.2) is 33.3 Å². The number of hydrogen-bond donors (Lipinski definition) is 3. The molecule has 24 heavy (non-hydrogen) atoms. The Labute approximate surface area is 146 Å². The van der Waals surface area contributed by atoms with E-state index in [1.807, 2.05) is 6.07 Å². The van der Waals surface area contributed by atoms with Crippen LogP contribution < -0.4 is 5.32 Å². The first-order valence-electron chi connectivity index (χ1n) is 6.96. The third-order valence-corrected chi connectivity index (χ3v) is 3.57. The monoisotopic (exact) mass is 394 g/mol. The number of carboxylic acid groups (broad SMARTS) is 1. The molecular formula is C16H15BrN2O5. The summed E-state index contributed by atoms with van der Waals surface area (Å²) in [7, 11) is 0. The number of carbonyl (C=O) groups is 2. The topological polar surface area (TPSA) is 109 Å². The quantitative estimate of drug-likeness (QED) is 0.693. The normalized spacial score (nSPS) is 12.9. The lowest BCUT2D eigenvalue weighted by Gasteiger charge is -2.20. The summed E-state index contributed by atoms with van der Waals surface area (Å²) in [5.41, 5.74) is 1.01. The molecule has 0 aliphatic heterocycles. The van der Waals surface area contributed by atoms with Crippen molar-refractivity contribution in [2.75, 3.05) is 0 Å². The molecule has 0 fully saturated rings. The molecule has 8 heteroatoms. The zero-order valence-corrected chi connectivity index (χ0v) is 14.0. The van der Waals surface area contributed by atoms with E-state index in [2.05, 4.69) is 26.2 Å². The average molecular weight is 395 g/mol. The smallest absolute Gasteiger partial charge is 0.408 e. The average Bonchev–Trinajstić information content (AvgIpc) is 2.58. The van der Waals surface area contributed by atoms with Gasteiger partial charge in [-0.1, -0.05) is 30.3 Å². The molecule has 0 saturated carbocycles. The molecular weight excluding hydrogens is 380 g/mol. The highest BCUT2D eigenvalue weighted by Gasteiger charge is 2.30. The highest BCUT2D eigenvalue weighted by atomic mass is 79.9. The van der Waals surface area contributed by atoms with E-state index >= 15 is 0 Å². The Morgan fingerprint density at radius 1 is 1.25 bits per heavy atom. The largest absolute Gasteiger partial charge is 0.480 e. The lowest BCUT2D eigenvalue weighted by molar-refractivity contribution is -0.142. The number of aliphatic carboxylic acids is 1. The number of hydrogen-bond acceptors (Lipinski definition) is 5. The molecule has 126 valence electrons. The number of carbonyl (C=O) groups excluding carboxylic acids is 1. The number of rotatable bonds is 6. The molecule has 0 saturated heterocycles. The van der Waals surface area contributed by atoms with Gasteiger partial charge in [0.2, 0.25) is 0 Å². The van der Waals surface area contributed by atoms with Crippen LogP contribution in [0.3, 0.4) is 0 Å². The van der Waals surface area contributed by atoms with Gasteiger partial charge in [0, 0.05) is 22.4 Å². The van der Waals surface area contributed by atoms with Gasteiger partial charge in [-0.2, -0.15) is 0 Å². The number of nitrogens with zero attached hydrogens (tertiary/aromatic N) is 1. The molecule has 0 aliphatic rings. The second kappa shape index (κ2) is 8.42. The van der Waals surface area contributed by atoms with Crippen LogP contribution in [0.5, 0.6) is 0 Å². The molecule has 0 unspecified atom stereocenters. The maximum absolute atomic E-state index is 11.8. The Kier molecular flexibility index (Phi) is 6.28. The van der Waals surface area contributed by atoms with Crippen LogP contribution in [0, 0.1) is 0 Å². The summed E-state index contributed by atoms with van der Waals surface area (Å²) in [6, 6.07) is 8.90. The van der Waals surface area contributed by atoms with E-state index in [0.717, 1.165) is 5.56 Å². The lowest BCUT2D eigenvalue weighted by atomic mass is 10.0. The van der Waals surface area contributed by atoms with Crippen molar-refractivity contribution < 1.29 is 24.5 Å². The first-order chi connectivity index (χ1) is 11.5. The van der Waals surface area contributed by atoms with Crippen LogP contribution in [0.1, 0.15) is 17.2 Å². The van der Waals surface area contributed by atoms with Crippen LogP contribution in [0.25, 0.3) is 0 Å². The minimum Gasteiger partial charge on any atom is -0.480 e. The van der Waals surface area contributed by atoms with E-state index in [9.17, 15) is 19.8 Å². The maximum atomic E-state index is 11.8. The summed E-state index contributed by atoms with van der Waals surface area (Å²) in [6.45, 7) is -0.00640. The van der Waals surface area contributed by atoms with Crippen molar-refractivity contribution in [2.45, 2.75) is 18.8 Å². The molecule has 1 heterocycles. The maximum Gasteiger partial charge on any atom is 0.408 e. The molecule has 1 amide bonds. The Morgan fingerprint density at radius 3 is 2.58 bits per heavy atom. The fourth-order valence-electron chi connectivity index (χ4n) is 1.95. The van der Waals surface area contributed by atoms with Gasteiger partial charge < -0.3 is 20.3 Å². The van der Waals surface area contributed by atoms with Crippen molar-refractivity contribution in [1.29, 1.82) is 0 Å². The summed E-state index contributed by atoms with van der Waals surface area (Å²) in [4.78, 5) is 27.0. The molecule has 1 aromatic carbocycles. The summed E-state index contributed by atoms with van der Waals surface area (Å²) >= 11 is 3.19. The third-order valence-electron chi connectivity index (χ3n) is 3.14. The van der Waals surface area contributed by atoms with E-state index in [4.69, 9.17) is 4.74 Å². The number of aromatic nitrogens is 1. The van der Waals surface area contributed by atoms with Crippen LogP contribution in [-0.2, 0) is 16.1 Å². The van der Waals surface area contributed by atoms with Gasteiger partial charge in [-0.05, 0) is 27.6 Å². The van der Waals surface area contributed by atoms with Gasteiger partial charge >= 0.3 is 12.1 Å². The van der Waals surface area contributed by atoms with Crippen LogP contribution in [0.2, 0.25) is 0 Å². The predicted octanol–water partition coefficient (Wildman–Crippen LogP) is 2.26. The van der Waals surface area contributed by atoms with E-state index in [1.54, 1.807) is 24.3 Å². The number of aliphatic hydroxyl groups excluding tert-OH is 1. The van der Waals surface area contributed by atoms with Crippen molar-refractivity contribution in [3.05, 3.63) is 64.4 Å². The number of halogens is 1. The fraction of sp³-hybridized carbons (Fsp3) is 0.188. The molecule has 2 atom stereocenters. The Balaban J connectivity index is 2.00. The van der Waals surface area contributed by atoms with E-state index < -0.39 is 24.2 Å². The summed E-state index contributed by atoms with van der Waals surface area (Å²) < 4.78 is 5.55. The number of amides is 1. The number of benzene rings is 1. The van der Waals surface area contributed by atoms with E-state index in [1.165, 1.54) is 18.5 Å². The molecule has 3 N–H and O–H groups in total. The number of carboxylic acids is 1. The zero-order valence-electron chi connectivity index (χ0n) is 12.4. The standard InChI is InChI=1S/C16H15BrN2O5/c17-12-6-11(7-18-8-12)14(20)13(15(21)22)19-16(23)24-9-10-4-2-1-3-5-10/h1-8,13-14,20H,9H2,(H,19,23)(H,21,22)/t13-,14-/m1/s1. The van der Waals surface area contributed by atoms with Crippen molar-refractivity contribution in [3.8, 4) is 0 Å². The Morgan fingerprint density at radius 2 is 1.96 bits per heavy atom. The van der Waals surface area contributed by atoms with Gasteiger partial charge in [0.1, 0.15) is 12.7 Å². The summed E-state index contributed by atoms with van der Waals surface area (Å²) in [5, 5.41) is 21.6. The number of nitrogens with one attached hydrogen (secondary N) is 1. The van der Waals surface area contributed by atoms with Gasteiger partial charge in [0.15, 0.2) is 6.04 Å². The second-order valence-electron chi connectivity index (χ2n) is 4.90. The number of alkyl carbamates (subject to hydrolysis) is 1. The van der Waals surface area contributed by atoms with Crippen molar-refractivity contribution in [3.63, 3.8) is 0 Å². The summed E-state index contributed by atoms with van der Waals surface area (Å²) in [5.74, 6) is -1.39. The highest BCUT2D eigenvalue weighted by Crippen LogP contribution is 2.20. The van der Waals surface area contributed by atoms with Crippen LogP contribution in [0.4, 0.5) is 4.79 Å². The molecule has 2 rings (SSSR count). The minimum absolute atomic E-state index is 0.00640. The molecule has 0 spiro atoms. The highest BCUT2D eigenvalue weighted by molar-refractivity contribution is 9.10. The van der Waals surface area contributed by atoms with Gasteiger partial charge in [-0.25, -0.2) is 9.59 Å². The summed E-state index contributed by atoms with van der Waals surface area (Å²) in [6.07, 6.45) is 0.403. The number of aliphatic hydroxyl groups is 1. The van der Waals surface area contributed by atoms with Gasteiger partial charge in [-0.15, -0.1) is 0 Å². The van der Waals surface area contributed by atoms with E-state index in [0.29, 0.717) is 4.47 Å². The fourth-order valence-corrected chi connectivity index (χ4v) is 2.33. The van der Waals surface area contributed by atoms with E-state index in [-0.39, 0.29) is 12.2 Å². The van der Waals surface area contributed by atoms with Gasteiger partial charge in [-0.3, -0.25) is 4.98 Å². The van der Waals surface area contributed by atoms with Crippen molar-refractivity contribution in [2.24, 2.45) is 0 Å². The third kappa shape index (κ3) is 5.04. The first-order valence-corrected chi connectivity index (χ1v) is 7.75. The number of pyridine rings is 1. The SMILES string of the molecule is O=C(N[C@@H](C(=O)O)[C@H](O)c1cncc(Br)c1)OCc1ccccc1. The zero-order chi connectivity index (χ0) is 17.5. The Hall–Kier alpha value is -2.45. The van der Waals surface area contributed by atoms with Crippen molar-refractivity contribution >= 4 is 28.0 Å². The van der Waals surface area contributed by atoms with Crippen LogP contribution in [0.15, 0.2) is 53.3 Å². The molecule has 1 aromatic heterocycles. The van der Waals surface area contributed by atoms with Crippen LogP contribution >= 0.6 is 15.9 Å². The first kappa shape index (κ1) is 17.9. The molecule has 0 radical (unpaired) electrons. The molecule has 7 nitrogen and oxygen atoms in total. The molecule has 0 aliphatic carbocycles. The van der Waals surface area contributed by atoms with Gasteiger partial charge in [0.25, 0.3) is 0 Å². The van der Waals surface area contributed by atoms with Crippen molar-refractivity contribution in [1.82, 2.24) is 10.3 Å². The lowest BCUT2D eigenvalue weighted by Crippen LogP contribution is -2.45. The second-order valence-corrected chi connectivity index (χ2v) is 5.82.